The fraction of sp³-hybridized carbons (Fsp3) is 0.385. The largest absolute Gasteiger partial charge is 0.449 e. The molecule has 2 rings (SSSR count). The second kappa shape index (κ2) is 4.20. The molecule has 4 nitrogen and oxygen atoms in total. The van der Waals surface area contributed by atoms with Crippen LogP contribution in [0.5, 0.6) is 0 Å². The van der Waals surface area contributed by atoms with Gasteiger partial charge >= 0.3 is 6.09 Å². The number of ether oxygens (including phenoxy) is 1. The number of carbonyl (C=O) groups excluding carboxylic acids is 2. The molecule has 0 radical (unpaired) electrons. The van der Waals surface area contributed by atoms with Crippen molar-refractivity contribution in [2.75, 3.05) is 11.5 Å². The number of hydrogen-bond acceptors (Lipinski definition) is 3. The quantitative estimate of drug-likeness (QED) is 0.749. The summed E-state index contributed by atoms with van der Waals surface area (Å²) in [6.07, 6.45) is -0.591. The Morgan fingerprint density at radius 3 is 2.82 bits per heavy atom. The van der Waals surface area contributed by atoms with Crippen molar-refractivity contribution >= 4 is 17.7 Å². The van der Waals surface area contributed by atoms with Crippen molar-refractivity contribution in [1.29, 1.82) is 0 Å². The molecule has 1 aliphatic heterocycles. The highest BCUT2D eigenvalue weighted by molar-refractivity contribution is 6.19. The van der Waals surface area contributed by atoms with E-state index in [0.717, 1.165) is 16.0 Å². The highest BCUT2D eigenvalue weighted by Crippen LogP contribution is 2.37. The summed E-state index contributed by atoms with van der Waals surface area (Å²) >= 11 is 0. The molecular weight excluding hydrogens is 218 g/mol. The molecule has 1 heterocycles. The molecule has 0 fully saturated rings. The van der Waals surface area contributed by atoms with E-state index in [9.17, 15) is 9.59 Å². The zero-order valence-corrected chi connectivity index (χ0v) is 10.2. The van der Waals surface area contributed by atoms with Crippen molar-refractivity contribution in [2.45, 2.75) is 26.7 Å². The summed E-state index contributed by atoms with van der Waals surface area (Å²) in [4.78, 5) is 24.9. The summed E-state index contributed by atoms with van der Waals surface area (Å²) in [7, 11) is 0. The third kappa shape index (κ3) is 1.79. The predicted molar refractivity (Wildman–Crippen MR) is 64.1 cm³/mol. The molecule has 0 aliphatic carbocycles. The molecule has 0 spiro atoms. The van der Waals surface area contributed by atoms with Gasteiger partial charge in [-0.2, -0.15) is 0 Å². The molecule has 0 saturated carbocycles. The van der Waals surface area contributed by atoms with Gasteiger partial charge in [0.1, 0.15) is 0 Å². The van der Waals surface area contributed by atoms with Crippen molar-refractivity contribution in [1.82, 2.24) is 0 Å². The number of hydrogen-bond donors (Lipinski definition) is 0. The lowest BCUT2D eigenvalue weighted by atomic mass is 10.0. The molecule has 0 bridgehead atoms. The molecule has 0 aromatic heterocycles. The number of aryl methyl sites for hydroxylation is 1. The molecule has 1 aromatic carbocycles. The van der Waals surface area contributed by atoms with Gasteiger partial charge in [-0.3, -0.25) is 4.79 Å². The van der Waals surface area contributed by atoms with Gasteiger partial charge in [-0.05, 0) is 32.4 Å². The van der Waals surface area contributed by atoms with Crippen LogP contribution in [0, 0.1) is 6.92 Å². The predicted octanol–water partition coefficient (Wildman–Crippen LogP) is 2.60. The Balaban J connectivity index is 2.44. The van der Waals surface area contributed by atoms with Crippen molar-refractivity contribution in [3.63, 3.8) is 0 Å². The average molecular weight is 233 g/mol. The summed E-state index contributed by atoms with van der Waals surface area (Å²) in [5, 5.41) is 0. The smallest absolute Gasteiger partial charge is 0.421 e. The van der Waals surface area contributed by atoms with Gasteiger partial charge in [0.05, 0.1) is 18.2 Å². The molecule has 1 unspecified atom stereocenters. The van der Waals surface area contributed by atoms with E-state index in [0.29, 0.717) is 5.69 Å². The molecule has 4 heteroatoms. The number of nitrogens with zero attached hydrogens (tertiary/aromatic N) is 1. The van der Waals surface area contributed by atoms with Gasteiger partial charge in [0, 0.05) is 0 Å². The van der Waals surface area contributed by atoms with Gasteiger partial charge in [-0.25, -0.2) is 9.69 Å². The number of imide groups is 1. The van der Waals surface area contributed by atoms with E-state index in [1.54, 1.807) is 19.9 Å². The van der Waals surface area contributed by atoms with Crippen LogP contribution in [0.1, 0.15) is 30.9 Å². The summed E-state index contributed by atoms with van der Waals surface area (Å²) in [6, 6.07) is 5.62. The van der Waals surface area contributed by atoms with E-state index in [2.05, 4.69) is 0 Å². The van der Waals surface area contributed by atoms with Gasteiger partial charge in [-0.1, -0.05) is 17.7 Å². The Labute approximate surface area is 100 Å². The lowest BCUT2D eigenvalue weighted by Crippen LogP contribution is -2.35. The number of amides is 2. The Morgan fingerprint density at radius 2 is 2.18 bits per heavy atom. The van der Waals surface area contributed by atoms with Crippen molar-refractivity contribution in [3.05, 3.63) is 29.3 Å². The lowest BCUT2D eigenvalue weighted by Gasteiger charge is -2.14. The molecule has 1 aliphatic rings. The van der Waals surface area contributed by atoms with E-state index in [1.807, 2.05) is 19.1 Å². The number of anilines is 1. The number of carbonyl (C=O) groups is 2. The Bertz CT molecular complexity index is 482. The van der Waals surface area contributed by atoms with E-state index in [1.165, 1.54) is 0 Å². The first kappa shape index (κ1) is 11.6. The van der Waals surface area contributed by atoms with Gasteiger partial charge in [-0.15, -0.1) is 0 Å². The fourth-order valence-electron chi connectivity index (χ4n) is 2.05. The molecule has 17 heavy (non-hydrogen) atoms. The van der Waals surface area contributed by atoms with Crippen LogP contribution in [-0.4, -0.2) is 18.6 Å². The number of rotatable bonds is 1. The molecule has 2 amide bonds. The maximum absolute atomic E-state index is 12.0. The maximum atomic E-state index is 12.0. The minimum atomic E-state index is -0.591. The highest BCUT2D eigenvalue weighted by atomic mass is 16.6. The van der Waals surface area contributed by atoms with Gasteiger partial charge < -0.3 is 4.74 Å². The number of fused-ring (bicyclic) bond motifs is 1. The molecule has 0 N–H and O–H groups in total. The maximum Gasteiger partial charge on any atom is 0.421 e. The number of benzene rings is 1. The fourth-order valence-corrected chi connectivity index (χ4v) is 2.05. The summed E-state index contributed by atoms with van der Waals surface area (Å²) in [5.74, 6) is -0.502. The normalized spacial score (nSPS) is 18.2. The van der Waals surface area contributed by atoms with E-state index in [4.69, 9.17) is 4.74 Å². The van der Waals surface area contributed by atoms with Gasteiger partial charge in [0.15, 0.2) is 0 Å². The van der Waals surface area contributed by atoms with Gasteiger partial charge in [0.25, 0.3) is 0 Å². The van der Waals surface area contributed by atoms with Crippen molar-refractivity contribution < 1.29 is 14.3 Å². The van der Waals surface area contributed by atoms with Gasteiger partial charge in [0.2, 0.25) is 5.91 Å². The summed E-state index contributed by atoms with van der Waals surface area (Å²) in [5.41, 5.74) is 2.61. The zero-order chi connectivity index (χ0) is 12.6. The van der Waals surface area contributed by atoms with Crippen LogP contribution in [0.2, 0.25) is 0 Å². The zero-order valence-electron chi connectivity index (χ0n) is 10.2. The second-order valence-electron chi connectivity index (χ2n) is 4.16. The van der Waals surface area contributed by atoms with Crippen LogP contribution in [0.4, 0.5) is 10.5 Å². The second-order valence-corrected chi connectivity index (χ2v) is 4.16. The van der Waals surface area contributed by atoms with E-state index < -0.39 is 6.09 Å². The van der Waals surface area contributed by atoms with Crippen LogP contribution in [-0.2, 0) is 9.53 Å². The third-order valence-corrected chi connectivity index (χ3v) is 2.93. The third-order valence-electron chi connectivity index (χ3n) is 2.93. The van der Waals surface area contributed by atoms with Crippen LogP contribution in [0.25, 0.3) is 0 Å². The summed E-state index contributed by atoms with van der Waals surface area (Å²) < 4.78 is 4.90. The Morgan fingerprint density at radius 1 is 1.47 bits per heavy atom. The average Bonchev–Trinajstić information content (AvgIpc) is 2.53. The molecule has 1 aromatic rings. The molecule has 0 saturated heterocycles. The Hall–Kier alpha value is -1.84. The SMILES string of the molecule is CCOC(=O)N1C(=O)C(C)c2cc(C)ccc21. The van der Waals surface area contributed by atoms with Crippen LogP contribution >= 0.6 is 0 Å². The van der Waals surface area contributed by atoms with Crippen LogP contribution < -0.4 is 4.90 Å². The topological polar surface area (TPSA) is 46.6 Å². The van der Waals surface area contributed by atoms with Crippen LogP contribution in [0.3, 0.4) is 0 Å². The van der Waals surface area contributed by atoms with Crippen molar-refractivity contribution in [2.24, 2.45) is 0 Å². The van der Waals surface area contributed by atoms with E-state index >= 15 is 0 Å². The standard InChI is InChI=1S/C13H15NO3/c1-4-17-13(16)14-11-6-5-8(2)7-10(11)9(3)12(14)15/h5-7,9H,4H2,1-3H3. The lowest BCUT2D eigenvalue weighted by molar-refractivity contribution is -0.118. The highest BCUT2D eigenvalue weighted by Gasteiger charge is 2.38. The first-order valence-electron chi connectivity index (χ1n) is 5.67. The molecule has 90 valence electrons. The molecule has 1 atom stereocenters. The molecular formula is C13H15NO3. The monoisotopic (exact) mass is 233 g/mol. The van der Waals surface area contributed by atoms with Crippen molar-refractivity contribution in [3.8, 4) is 0 Å². The minimum Gasteiger partial charge on any atom is -0.449 e. The minimum absolute atomic E-state index is 0.218. The first-order valence-corrected chi connectivity index (χ1v) is 5.67. The van der Waals surface area contributed by atoms with E-state index in [-0.39, 0.29) is 18.4 Å². The van der Waals surface area contributed by atoms with Crippen LogP contribution in [0.15, 0.2) is 18.2 Å². The summed E-state index contributed by atoms with van der Waals surface area (Å²) in [6.45, 7) is 5.75. The Kier molecular flexibility index (Phi) is 2.88. The first-order chi connectivity index (χ1) is 8.06.